The Morgan fingerprint density at radius 2 is 1.76 bits per heavy atom. The zero-order valence-corrected chi connectivity index (χ0v) is 22.5. The minimum atomic E-state index is -3.87. The largest absolute Gasteiger partial charge is 0.494 e. The maximum atomic E-state index is 12.7. The van der Waals surface area contributed by atoms with Crippen LogP contribution in [0, 0.1) is 13.8 Å². The molecule has 0 bridgehead atoms. The first-order valence-corrected chi connectivity index (χ1v) is 13.9. The lowest BCUT2D eigenvalue weighted by Crippen LogP contribution is -2.17. The van der Waals surface area contributed by atoms with E-state index in [4.69, 9.17) is 10.6 Å². The highest BCUT2D eigenvalue weighted by molar-refractivity contribution is 7.99. The molecule has 0 unspecified atom stereocenters. The van der Waals surface area contributed by atoms with Crippen molar-refractivity contribution in [3.8, 4) is 17.1 Å². The van der Waals surface area contributed by atoms with Gasteiger partial charge in [0.05, 0.1) is 17.3 Å². The number of nitrogen functional groups attached to an aromatic ring is 1. The molecule has 0 saturated carbocycles. The van der Waals surface area contributed by atoms with Crippen LogP contribution < -0.4 is 20.6 Å². The fraction of sp³-hybridized carbons (Fsp3) is 0.208. The van der Waals surface area contributed by atoms with Gasteiger partial charge in [-0.25, -0.2) is 23.1 Å². The molecule has 4 rings (SSSR count). The zero-order valence-electron chi connectivity index (χ0n) is 20.9. The Labute approximate surface area is 224 Å². The molecule has 0 aliphatic heterocycles. The molecule has 14 heteroatoms. The number of sulfonamides is 1. The van der Waals surface area contributed by atoms with Gasteiger partial charge in [0.25, 0.3) is 10.0 Å². The summed E-state index contributed by atoms with van der Waals surface area (Å²) >= 11 is 1.12. The van der Waals surface area contributed by atoms with Gasteiger partial charge in [0.15, 0.2) is 5.82 Å². The molecule has 4 aromatic rings. The minimum Gasteiger partial charge on any atom is -0.494 e. The Morgan fingerprint density at radius 3 is 2.42 bits per heavy atom. The van der Waals surface area contributed by atoms with Gasteiger partial charge in [-0.05, 0) is 69.3 Å². The molecule has 12 nitrogen and oxygen atoms in total. The maximum Gasteiger partial charge on any atom is 0.263 e. The van der Waals surface area contributed by atoms with Gasteiger partial charge < -0.3 is 15.9 Å². The summed E-state index contributed by atoms with van der Waals surface area (Å²) in [6.45, 7) is 5.91. The van der Waals surface area contributed by atoms with Crippen molar-refractivity contribution in [2.45, 2.75) is 30.8 Å². The summed E-state index contributed by atoms with van der Waals surface area (Å²) in [6.07, 6.45) is 0. The van der Waals surface area contributed by atoms with Crippen molar-refractivity contribution >= 4 is 39.2 Å². The highest BCUT2D eigenvalue weighted by Crippen LogP contribution is 2.24. The SMILES string of the molecule is CCOc1ccc(-c2nnc(SCC(=O)Nc3ccc(S(=O)(=O)Nc4cc(C)nc(C)n4)cc3)n2N)cc1. The highest BCUT2D eigenvalue weighted by Gasteiger charge is 2.17. The van der Waals surface area contributed by atoms with Crippen LogP contribution in [-0.2, 0) is 14.8 Å². The molecule has 198 valence electrons. The number of nitrogens with two attached hydrogens (primary N) is 1. The monoisotopic (exact) mass is 554 g/mol. The van der Waals surface area contributed by atoms with E-state index in [1.807, 2.05) is 31.2 Å². The van der Waals surface area contributed by atoms with Crippen LogP contribution in [0.4, 0.5) is 11.5 Å². The highest BCUT2D eigenvalue weighted by atomic mass is 32.2. The van der Waals surface area contributed by atoms with E-state index >= 15 is 0 Å². The van der Waals surface area contributed by atoms with Crippen LogP contribution in [0.15, 0.2) is 64.6 Å². The number of aromatic nitrogens is 5. The molecular formula is C24H26N8O4S2. The zero-order chi connectivity index (χ0) is 27.3. The minimum absolute atomic E-state index is 0.0205. The Hall–Kier alpha value is -4.17. The van der Waals surface area contributed by atoms with Crippen LogP contribution in [0.1, 0.15) is 18.4 Å². The summed E-state index contributed by atoms with van der Waals surface area (Å²) in [7, 11) is -3.87. The van der Waals surface area contributed by atoms with Gasteiger partial charge in [-0.3, -0.25) is 9.52 Å². The van der Waals surface area contributed by atoms with Gasteiger partial charge in [-0.15, -0.1) is 10.2 Å². The number of anilines is 2. The van der Waals surface area contributed by atoms with Gasteiger partial charge in [0.1, 0.15) is 17.4 Å². The average Bonchev–Trinajstić information content (AvgIpc) is 3.23. The second kappa shape index (κ2) is 11.5. The number of carbonyl (C=O) groups is 1. The van der Waals surface area contributed by atoms with Crippen molar-refractivity contribution < 1.29 is 17.9 Å². The summed E-state index contributed by atoms with van der Waals surface area (Å²) in [5, 5.41) is 11.3. The third kappa shape index (κ3) is 6.58. The standard InChI is InChI=1S/C24H26N8O4S2/c1-4-36-19-9-5-17(6-10-19)23-29-30-24(32(23)25)37-14-22(33)28-18-7-11-20(12-8-18)38(34,35)31-21-13-15(2)26-16(3)27-21/h5-13H,4,14,25H2,1-3H3,(H,28,33)(H,26,27,31). The van der Waals surface area contributed by atoms with E-state index < -0.39 is 10.0 Å². The molecule has 2 heterocycles. The fourth-order valence-corrected chi connectivity index (χ4v) is 5.10. The van der Waals surface area contributed by atoms with Crippen LogP contribution in [-0.4, -0.2) is 51.5 Å². The van der Waals surface area contributed by atoms with E-state index in [-0.39, 0.29) is 22.4 Å². The number of aryl methyl sites for hydroxylation is 2. The van der Waals surface area contributed by atoms with Crippen LogP contribution >= 0.6 is 11.8 Å². The number of hydrogen-bond acceptors (Lipinski definition) is 10. The van der Waals surface area contributed by atoms with Crippen molar-refractivity contribution in [2.75, 3.05) is 28.2 Å². The Morgan fingerprint density at radius 1 is 1.05 bits per heavy atom. The van der Waals surface area contributed by atoms with Gasteiger partial charge in [-0.1, -0.05) is 11.8 Å². The first-order valence-electron chi connectivity index (χ1n) is 11.5. The van der Waals surface area contributed by atoms with Crippen molar-refractivity contribution in [3.05, 3.63) is 66.1 Å². The Bertz CT molecular complexity index is 1520. The van der Waals surface area contributed by atoms with Crippen molar-refractivity contribution in [2.24, 2.45) is 0 Å². The number of nitrogens with one attached hydrogen (secondary N) is 2. The van der Waals surface area contributed by atoms with E-state index in [9.17, 15) is 13.2 Å². The van der Waals surface area contributed by atoms with Crippen LogP contribution in [0.2, 0.25) is 0 Å². The molecule has 0 fully saturated rings. The summed E-state index contributed by atoms with van der Waals surface area (Å²) in [6, 6.07) is 14.6. The lowest BCUT2D eigenvalue weighted by Gasteiger charge is -2.10. The van der Waals surface area contributed by atoms with Gasteiger partial charge in [0, 0.05) is 23.0 Å². The van der Waals surface area contributed by atoms with Crippen molar-refractivity contribution in [1.29, 1.82) is 0 Å². The van der Waals surface area contributed by atoms with Crippen molar-refractivity contribution in [3.63, 3.8) is 0 Å². The van der Waals surface area contributed by atoms with E-state index in [1.165, 1.54) is 28.9 Å². The number of amides is 1. The average molecular weight is 555 g/mol. The second-order valence-electron chi connectivity index (χ2n) is 8.04. The van der Waals surface area contributed by atoms with Gasteiger partial charge in [-0.2, -0.15) is 0 Å². The normalized spacial score (nSPS) is 11.2. The maximum absolute atomic E-state index is 12.7. The number of thioether (sulfide) groups is 1. The lowest BCUT2D eigenvalue weighted by molar-refractivity contribution is -0.113. The molecule has 0 aliphatic carbocycles. The van der Waals surface area contributed by atoms with Gasteiger partial charge in [0.2, 0.25) is 11.1 Å². The first kappa shape index (κ1) is 26.9. The molecule has 0 radical (unpaired) electrons. The number of nitrogens with zero attached hydrogens (tertiary/aromatic N) is 5. The Balaban J connectivity index is 1.34. The predicted molar refractivity (Wildman–Crippen MR) is 145 cm³/mol. The fourth-order valence-electron chi connectivity index (χ4n) is 3.45. The van der Waals surface area contributed by atoms with Gasteiger partial charge >= 0.3 is 0 Å². The number of rotatable bonds is 10. The number of hydrogen-bond donors (Lipinski definition) is 3. The molecule has 38 heavy (non-hydrogen) atoms. The second-order valence-corrected chi connectivity index (χ2v) is 10.7. The molecule has 0 spiro atoms. The molecule has 1 amide bonds. The Kier molecular flexibility index (Phi) is 8.12. The third-order valence-electron chi connectivity index (χ3n) is 5.07. The summed E-state index contributed by atoms with van der Waals surface area (Å²) < 4.78 is 34.6. The van der Waals surface area contributed by atoms with Crippen molar-refractivity contribution in [1.82, 2.24) is 24.8 Å². The summed E-state index contributed by atoms with van der Waals surface area (Å²) in [5.74, 6) is 7.67. The number of benzene rings is 2. The molecule has 2 aromatic carbocycles. The third-order valence-corrected chi connectivity index (χ3v) is 7.39. The number of ether oxygens (including phenoxy) is 1. The van der Waals surface area contributed by atoms with Crippen LogP contribution in [0.25, 0.3) is 11.4 Å². The van der Waals surface area contributed by atoms with E-state index in [2.05, 4.69) is 30.2 Å². The molecule has 4 N–H and O–H groups in total. The van der Waals surface area contributed by atoms with Crippen LogP contribution in [0.3, 0.4) is 0 Å². The predicted octanol–water partition coefficient (Wildman–Crippen LogP) is 3.00. The quantitative estimate of drug-likeness (QED) is 0.196. The molecule has 0 atom stereocenters. The van der Waals surface area contributed by atoms with Crippen LogP contribution in [0.5, 0.6) is 5.75 Å². The molecule has 2 aromatic heterocycles. The summed E-state index contributed by atoms with van der Waals surface area (Å²) in [5.41, 5.74) is 1.84. The molecule has 0 aliphatic rings. The topological polar surface area (TPSA) is 167 Å². The lowest BCUT2D eigenvalue weighted by atomic mass is 10.2. The smallest absolute Gasteiger partial charge is 0.263 e. The van der Waals surface area contributed by atoms with E-state index in [0.717, 1.165) is 23.1 Å². The molecule has 0 saturated heterocycles. The van der Waals surface area contributed by atoms with E-state index in [1.54, 1.807) is 19.9 Å². The molecular weight excluding hydrogens is 528 g/mol. The number of carbonyl (C=O) groups excluding carboxylic acids is 1. The summed E-state index contributed by atoms with van der Waals surface area (Å²) in [4.78, 5) is 20.7. The van der Waals surface area contributed by atoms with E-state index in [0.29, 0.717) is 34.8 Å². The first-order chi connectivity index (χ1) is 18.1.